The Morgan fingerprint density at radius 3 is 2.66 bits per heavy atom. The Morgan fingerprint density at radius 2 is 1.90 bits per heavy atom. The van der Waals surface area contributed by atoms with Crippen LogP contribution in [0.5, 0.6) is 0 Å². The quantitative estimate of drug-likeness (QED) is 0.489. The second-order valence-corrected chi connectivity index (χ2v) is 9.65. The zero-order valence-corrected chi connectivity index (χ0v) is 17.2. The number of sulfone groups is 1. The van der Waals surface area contributed by atoms with Crippen molar-refractivity contribution in [3.63, 3.8) is 0 Å². The molecular formula is C21H18N2O4S2. The summed E-state index contributed by atoms with van der Waals surface area (Å²) >= 11 is 1.25. The first kappa shape index (κ1) is 19.4. The molecule has 0 saturated carbocycles. The van der Waals surface area contributed by atoms with Crippen molar-refractivity contribution < 1.29 is 17.6 Å². The third kappa shape index (κ3) is 4.55. The molecule has 2 heterocycles. The van der Waals surface area contributed by atoms with Crippen molar-refractivity contribution in [2.45, 2.75) is 17.7 Å². The highest BCUT2D eigenvalue weighted by Gasteiger charge is 2.13. The second-order valence-electron chi connectivity index (χ2n) is 6.60. The number of rotatable bonds is 6. The number of aromatic nitrogens is 1. The van der Waals surface area contributed by atoms with Crippen molar-refractivity contribution in [3.8, 4) is 11.3 Å². The van der Waals surface area contributed by atoms with Gasteiger partial charge in [-0.05, 0) is 30.3 Å². The van der Waals surface area contributed by atoms with Crippen molar-refractivity contribution in [2.75, 3.05) is 11.6 Å². The highest BCUT2D eigenvalue weighted by Crippen LogP contribution is 2.28. The molecule has 0 saturated heterocycles. The number of nitrogens with one attached hydrogen (secondary N) is 1. The van der Waals surface area contributed by atoms with E-state index in [2.05, 4.69) is 10.3 Å². The Labute approximate surface area is 172 Å². The Bertz CT molecular complexity index is 1270. The van der Waals surface area contributed by atoms with Gasteiger partial charge in [-0.3, -0.25) is 4.79 Å². The van der Waals surface area contributed by atoms with Gasteiger partial charge in [0.15, 0.2) is 15.0 Å². The highest BCUT2D eigenvalue weighted by molar-refractivity contribution is 7.90. The number of hydrogen-bond donors (Lipinski definition) is 1. The summed E-state index contributed by atoms with van der Waals surface area (Å²) in [6.07, 6.45) is 1.89. The van der Waals surface area contributed by atoms with Gasteiger partial charge in [0.1, 0.15) is 11.5 Å². The maximum atomic E-state index is 12.3. The van der Waals surface area contributed by atoms with Crippen LogP contribution >= 0.6 is 11.3 Å². The van der Waals surface area contributed by atoms with Crippen molar-refractivity contribution in [1.82, 2.24) is 4.98 Å². The molecule has 0 bridgehead atoms. The summed E-state index contributed by atoms with van der Waals surface area (Å²) in [6, 6.07) is 18.3. The number of fused-ring (bicyclic) bond motifs is 1. The standard InChI is InChI=1S/C21H18N2O4S2/c1-29(25,26)16-9-10-17-19(13-16)28-21(22-17)23-20(24)12-8-15-7-11-18(27-15)14-5-3-2-4-6-14/h2-7,9-11,13H,8,12H2,1H3,(H,22,23,24). The molecule has 6 nitrogen and oxygen atoms in total. The van der Waals surface area contributed by atoms with E-state index >= 15 is 0 Å². The molecule has 1 amide bonds. The van der Waals surface area contributed by atoms with Gasteiger partial charge < -0.3 is 9.73 Å². The number of thiazole rings is 1. The van der Waals surface area contributed by atoms with E-state index < -0.39 is 9.84 Å². The van der Waals surface area contributed by atoms with Gasteiger partial charge in [-0.2, -0.15) is 0 Å². The minimum atomic E-state index is -3.28. The summed E-state index contributed by atoms with van der Waals surface area (Å²) in [6.45, 7) is 0. The molecule has 0 fully saturated rings. The lowest BCUT2D eigenvalue weighted by Gasteiger charge is -2.00. The van der Waals surface area contributed by atoms with Gasteiger partial charge in [-0.1, -0.05) is 41.7 Å². The number of benzene rings is 2. The molecule has 0 radical (unpaired) electrons. The van der Waals surface area contributed by atoms with Gasteiger partial charge in [0.2, 0.25) is 5.91 Å². The van der Waals surface area contributed by atoms with Crippen molar-refractivity contribution in [1.29, 1.82) is 0 Å². The molecule has 148 valence electrons. The van der Waals surface area contributed by atoms with E-state index in [1.54, 1.807) is 12.1 Å². The molecular weight excluding hydrogens is 408 g/mol. The maximum absolute atomic E-state index is 12.3. The van der Waals surface area contributed by atoms with Gasteiger partial charge in [0.25, 0.3) is 0 Å². The molecule has 8 heteroatoms. The summed E-state index contributed by atoms with van der Waals surface area (Å²) in [4.78, 5) is 16.9. The van der Waals surface area contributed by atoms with Crippen LogP contribution in [0.1, 0.15) is 12.2 Å². The zero-order chi connectivity index (χ0) is 20.4. The summed E-state index contributed by atoms with van der Waals surface area (Å²) in [5.74, 6) is 1.33. The number of amides is 1. The van der Waals surface area contributed by atoms with E-state index in [4.69, 9.17) is 4.42 Å². The van der Waals surface area contributed by atoms with Gasteiger partial charge in [-0.25, -0.2) is 13.4 Å². The van der Waals surface area contributed by atoms with E-state index in [1.165, 1.54) is 17.4 Å². The first-order valence-corrected chi connectivity index (χ1v) is 11.6. The third-order valence-corrected chi connectivity index (χ3v) is 6.40. The topological polar surface area (TPSA) is 89.3 Å². The summed E-state index contributed by atoms with van der Waals surface area (Å²) in [7, 11) is -3.28. The average molecular weight is 427 g/mol. The number of furan rings is 1. The predicted molar refractivity (Wildman–Crippen MR) is 114 cm³/mol. The predicted octanol–water partition coefficient (Wildman–Crippen LogP) is 4.53. The Balaban J connectivity index is 1.39. The first-order chi connectivity index (χ1) is 13.9. The largest absolute Gasteiger partial charge is 0.461 e. The Kier molecular flexibility index (Phi) is 5.21. The van der Waals surface area contributed by atoms with Crippen LogP contribution in [0.2, 0.25) is 0 Å². The van der Waals surface area contributed by atoms with E-state index in [0.717, 1.165) is 23.3 Å². The third-order valence-electron chi connectivity index (χ3n) is 4.35. The van der Waals surface area contributed by atoms with Gasteiger partial charge >= 0.3 is 0 Å². The molecule has 0 aliphatic heterocycles. The molecule has 1 N–H and O–H groups in total. The zero-order valence-electron chi connectivity index (χ0n) is 15.6. The van der Waals surface area contributed by atoms with Crippen molar-refractivity contribution >= 4 is 42.4 Å². The molecule has 29 heavy (non-hydrogen) atoms. The molecule has 0 aliphatic carbocycles. The van der Waals surface area contributed by atoms with Crippen LogP contribution in [0.3, 0.4) is 0 Å². The van der Waals surface area contributed by atoms with Gasteiger partial charge in [0.05, 0.1) is 15.1 Å². The smallest absolute Gasteiger partial charge is 0.226 e. The second kappa shape index (κ2) is 7.81. The molecule has 4 rings (SSSR count). The Hall–Kier alpha value is -2.97. The minimum Gasteiger partial charge on any atom is -0.461 e. The number of carbonyl (C=O) groups excluding carboxylic acids is 1. The fourth-order valence-corrected chi connectivity index (χ4v) is 4.52. The van der Waals surface area contributed by atoms with Gasteiger partial charge in [-0.15, -0.1) is 0 Å². The van der Waals surface area contributed by atoms with Gasteiger partial charge in [0, 0.05) is 24.7 Å². The minimum absolute atomic E-state index is 0.176. The van der Waals surface area contributed by atoms with Crippen LogP contribution in [-0.4, -0.2) is 25.6 Å². The van der Waals surface area contributed by atoms with Crippen LogP contribution in [0.4, 0.5) is 5.13 Å². The number of anilines is 1. The molecule has 2 aromatic heterocycles. The SMILES string of the molecule is CS(=O)(=O)c1ccc2nc(NC(=O)CCc3ccc(-c4ccccc4)o3)sc2c1. The number of aryl methyl sites for hydroxylation is 1. The number of nitrogens with zero attached hydrogens (tertiary/aromatic N) is 1. The van der Waals surface area contributed by atoms with E-state index in [0.29, 0.717) is 21.8 Å². The fraction of sp³-hybridized carbons (Fsp3) is 0.143. The maximum Gasteiger partial charge on any atom is 0.226 e. The Morgan fingerprint density at radius 1 is 1.10 bits per heavy atom. The van der Waals surface area contributed by atoms with Crippen LogP contribution in [0.25, 0.3) is 21.5 Å². The normalized spacial score (nSPS) is 11.6. The molecule has 2 aromatic carbocycles. The lowest BCUT2D eigenvalue weighted by molar-refractivity contribution is -0.116. The summed E-state index contributed by atoms with van der Waals surface area (Å²) < 4.78 is 29.9. The van der Waals surface area contributed by atoms with Crippen LogP contribution < -0.4 is 5.32 Å². The summed E-state index contributed by atoms with van der Waals surface area (Å²) in [5, 5.41) is 3.22. The van der Waals surface area contributed by atoms with E-state index in [-0.39, 0.29) is 17.2 Å². The van der Waals surface area contributed by atoms with E-state index in [1.807, 2.05) is 42.5 Å². The first-order valence-electron chi connectivity index (χ1n) is 8.93. The lowest BCUT2D eigenvalue weighted by Crippen LogP contribution is -2.11. The lowest BCUT2D eigenvalue weighted by atomic mass is 10.2. The van der Waals surface area contributed by atoms with Crippen LogP contribution in [0, 0.1) is 0 Å². The molecule has 0 aliphatic rings. The van der Waals surface area contributed by atoms with Crippen molar-refractivity contribution in [2.24, 2.45) is 0 Å². The number of hydrogen-bond acceptors (Lipinski definition) is 6. The number of carbonyl (C=O) groups is 1. The fourth-order valence-electron chi connectivity index (χ4n) is 2.88. The molecule has 0 unspecified atom stereocenters. The molecule has 0 atom stereocenters. The van der Waals surface area contributed by atoms with Crippen molar-refractivity contribution in [3.05, 3.63) is 66.4 Å². The van der Waals surface area contributed by atoms with Crippen LogP contribution in [-0.2, 0) is 21.1 Å². The highest BCUT2D eigenvalue weighted by atomic mass is 32.2. The average Bonchev–Trinajstić information content (AvgIpc) is 3.32. The monoisotopic (exact) mass is 426 g/mol. The summed E-state index contributed by atoms with van der Waals surface area (Å²) in [5.41, 5.74) is 1.64. The van der Waals surface area contributed by atoms with E-state index in [9.17, 15) is 13.2 Å². The molecule has 0 spiro atoms. The van der Waals surface area contributed by atoms with Crippen LogP contribution in [0.15, 0.2) is 70.0 Å². The molecule has 4 aromatic rings.